The Morgan fingerprint density at radius 2 is 2.08 bits per heavy atom. The molecule has 0 amide bonds. The third-order valence-electron chi connectivity index (χ3n) is 3.76. The Kier molecular flexibility index (Phi) is 6.35. The zero-order valence-corrected chi connectivity index (χ0v) is 14.7. The second-order valence-electron chi connectivity index (χ2n) is 5.52. The molecular formula is C22H24N2O. The maximum atomic E-state index is 5.76. The van der Waals surface area contributed by atoms with Crippen molar-refractivity contribution in [3.05, 3.63) is 91.9 Å². The molecule has 0 saturated carbocycles. The Bertz CT molecular complexity index is 866. The largest absolute Gasteiger partial charge is 0.460 e. The van der Waals surface area contributed by atoms with Crippen LogP contribution in [0.4, 0.5) is 5.69 Å². The average Bonchev–Trinajstić information content (AvgIpc) is 3.05. The molecule has 128 valence electrons. The minimum absolute atomic E-state index is 0.597. The van der Waals surface area contributed by atoms with Crippen LogP contribution < -0.4 is 5.32 Å². The predicted molar refractivity (Wildman–Crippen MR) is 109 cm³/mol. The molecule has 2 heterocycles. The molecule has 0 atom stereocenters. The summed E-state index contributed by atoms with van der Waals surface area (Å²) in [6, 6.07) is 1.97. The topological polar surface area (TPSA) is 38.1 Å². The maximum absolute atomic E-state index is 5.76. The van der Waals surface area contributed by atoms with Crippen LogP contribution in [0.5, 0.6) is 0 Å². The first-order valence-corrected chi connectivity index (χ1v) is 8.22. The summed E-state index contributed by atoms with van der Waals surface area (Å²) in [6.07, 6.45) is 13.5. The third-order valence-corrected chi connectivity index (χ3v) is 3.76. The van der Waals surface area contributed by atoms with E-state index in [1.54, 1.807) is 24.5 Å². The fourth-order valence-electron chi connectivity index (χ4n) is 2.44. The van der Waals surface area contributed by atoms with Crippen LogP contribution in [0.1, 0.15) is 18.2 Å². The second-order valence-corrected chi connectivity index (χ2v) is 5.52. The van der Waals surface area contributed by atoms with Crippen LogP contribution in [0.25, 0.3) is 16.7 Å². The van der Waals surface area contributed by atoms with Gasteiger partial charge in [-0.05, 0) is 23.6 Å². The number of aromatic nitrogens is 1. The van der Waals surface area contributed by atoms with Crippen molar-refractivity contribution in [1.29, 1.82) is 0 Å². The summed E-state index contributed by atoms with van der Waals surface area (Å²) in [5.74, 6) is 0. The van der Waals surface area contributed by atoms with Gasteiger partial charge in [0.1, 0.15) is 5.52 Å². The Morgan fingerprint density at radius 1 is 1.28 bits per heavy atom. The lowest BCUT2D eigenvalue weighted by atomic mass is 10.1. The molecule has 0 spiro atoms. The van der Waals surface area contributed by atoms with Crippen molar-refractivity contribution >= 4 is 22.4 Å². The monoisotopic (exact) mass is 332 g/mol. The van der Waals surface area contributed by atoms with Crippen molar-refractivity contribution < 1.29 is 4.42 Å². The molecule has 0 bridgehead atoms. The van der Waals surface area contributed by atoms with E-state index in [0.717, 1.165) is 45.6 Å². The fraction of sp³-hybridized carbons (Fsp3) is 0.136. The van der Waals surface area contributed by atoms with Gasteiger partial charge in [-0.2, -0.15) is 0 Å². The number of furan rings is 1. The molecule has 0 radical (unpaired) electrons. The summed E-state index contributed by atoms with van der Waals surface area (Å²) in [5.41, 5.74) is 6.26. The van der Waals surface area contributed by atoms with E-state index in [1.165, 1.54) is 0 Å². The Morgan fingerprint density at radius 3 is 2.72 bits per heavy atom. The van der Waals surface area contributed by atoms with Crippen LogP contribution in [0.3, 0.4) is 0 Å². The quantitative estimate of drug-likeness (QED) is 0.585. The number of aryl methyl sites for hydroxylation is 1. The molecule has 0 fully saturated rings. The number of nitrogens with one attached hydrogen (secondary N) is 1. The van der Waals surface area contributed by atoms with Gasteiger partial charge in [0.25, 0.3) is 0 Å². The summed E-state index contributed by atoms with van der Waals surface area (Å²) in [7, 11) is 0. The van der Waals surface area contributed by atoms with Crippen molar-refractivity contribution in [3.63, 3.8) is 0 Å². The highest BCUT2D eigenvalue weighted by molar-refractivity contribution is 5.91. The zero-order valence-electron chi connectivity index (χ0n) is 14.7. The normalized spacial score (nSPS) is 11.6. The first-order chi connectivity index (χ1) is 12.1. The van der Waals surface area contributed by atoms with Gasteiger partial charge >= 0.3 is 0 Å². The van der Waals surface area contributed by atoms with E-state index in [1.807, 2.05) is 24.3 Å². The standard InChI is InChI=1S/C22H24N2O/c1-6-10-12-16(5)14-23-20-13-19(17(8-3)11-7-2)24-21-18(9-4)15-25-22(20)21/h6-8,10-13,15H,1-3,5,9,14H2,4H3,(H,23,24)/b12-10-,17-11+. The summed E-state index contributed by atoms with van der Waals surface area (Å²) in [6.45, 7) is 18.0. The zero-order chi connectivity index (χ0) is 18.2. The fourth-order valence-corrected chi connectivity index (χ4v) is 2.44. The van der Waals surface area contributed by atoms with Gasteiger partial charge in [0.2, 0.25) is 0 Å². The van der Waals surface area contributed by atoms with E-state index in [-0.39, 0.29) is 0 Å². The SMILES string of the molecule is C=C/C=C\C(=C)CNc1cc(/C(C=C)=C/C=C)nc2c(CC)coc12. The Hall–Kier alpha value is -3.07. The molecule has 0 aliphatic rings. The highest BCUT2D eigenvalue weighted by atomic mass is 16.3. The van der Waals surface area contributed by atoms with Crippen LogP contribution in [0.15, 0.2) is 85.1 Å². The van der Waals surface area contributed by atoms with Crippen LogP contribution in [0.2, 0.25) is 0 Å². The van der Waals surface area contributed by atoms with Gasteiger partial charge in [-0.25, -0.2) is 4.98 Å². The maximum Gasteiger partial charge on any atom is 0.175 e. The number of hydrogen-bond acceptors (Lipinski definition) is 3. The minimum Gasteiger partial charge on any atom is -0.460 e. The molecule has 25 heavy (non-hydrogen) atoms. The van der Waals surface area contributed by atoms with E-state index < -0.39 is 0 Å². The van der Waals surface area contributed by atoms with Gasteiger partial charge in [0, 0.05) is 12.1 Å². The Balaban J connectivity index is 2.48. The van der Waals surface area contributed by atoms with Gasteiger partial charge in [-0.1, -0.05) is 69.7 Å². The van der Waals surface area contributed by atoms with Crippen molar-refractivity contribution in [2.24, 2.45) is 0 Å². The van der Waals surface area contributed by atoms with Gasteiger partial charge in [-0.15, -0.1) is 0 Å². The number of pyridine rings is 1. The van der Waals surface area contributed by atoms with E-state index in [4.69, 9.17) is 9.40 Å². The molecule has 0 saturated heterocycles. The third kappa shape index (κ3) is 4.27. The molecular weight excluding hydrogens is 308 g/mol. The first kappa shape index (κ1) is 18.3. The number of hydrogen-bond donors (Lipinski definition) is 1. The molecule has 0 unspecified atom stereocenters. The minimum atomic E-state index is 0.597. The van der Waals surface area contributed by atoms with E-state index in [2.05, 4.69) is 38.6 Å². The van der Waals surface area contributed by atoms with Crippen LogP contribution in [-0.2, 0) is 6.42 Å². The molecule has 3 heteroatoms. The lowest BCUT2D eigenvalue weighted by Crippen LogP contribution is -2.04. The van der Waals surface area contributed by atoms with Crippen LogP contribution in [0, 0.1) is 0 Å². The lowest BCUT2D eigenvalue weighted by molar-refractivity contribution is 0.611. The molecule has 2 rings (SSSR count). The van der Waals surface area contributed by atoms with Crippen molar-refractivity contribution in [3.8, 4) is 0 Å². The average molecular weight is 332 g/mol. The van der Waals surface area contributed by atoms with E-state index in [0.29, 0.717) is 6.54 Å². The lowest BCUT2D eigenvalue weighted by Gasteiger charge is -2.10. The van der Waals surface area contributed by atoms with Gasteiger partial charge in [0.05, 0.1) is 17.6 Å². The number of rotatable bonds is 9. The van der Waals surface area contributed by atoms with Crippen LogP contribution in [-0.4, -0.2) is 11.5 Å². The molecule has 2 aromatic rings. The van der Waals surface area contributed by atoms with Gasteiger partial charge < -0.3 is 9.73 Å². The Labute approximate surface area is 149 Å². The number of allylic oxidation sites excluding steroid dienone is 6. The first-order valence-electron chi connectivity index (χ1n) is 8.22. The van der Waals surface area contributed by atoms with Crippen molar-refractivity contribution in [1.82, 2.24) is 4.98 Å². The van der Waals surface area contributed by atoms with E-state index >= 15 is 0 Å². The van der Waals surface area contributed by atoms with Gasteiger partial charge in [0.15, 0.2) is 5.58 Å². The van der Waals surface area contributed by atoms with Gasteiger partial charge in [-0.3, -0.25) is 0 Å². The number of fused-ring (bicyclic) bond motifs is 1. The highest BCUT2D eigenvalue weighted by Gasteiger charge is 2.14. The smallest absolute Gasteiger partial charge is 0.175 e. The predicted octanol–water partition coefficient (Wildman–Crippen LogP) is 5.86. The molecule has 0 aliphatic heterocycles. The molecule has 0 aromatic carbocycles. The molecule has 1 N–H and O–H groups in total. The van der Waals surface area contributed by atoms with Crippen LogP contribution >= 0.6 is 0 Å². The number of nitrogens with zero attached hydrogens (tertiary/aromatic N) is 1. The summed E-state index contributed by atoms with van der Waals surface area (Å²) in [4.78, 5) is 4.76. The highest BCUT2D eigenvalue weighted by Crippen LogP contribution is 2.30. The second kappa shape index (κ2) is 8.69. The molecule has 0 aliphatic carbocycles. The molecule has 3 nitrogen and oxygen atoms in total. The summed E-state index contributed by atoms with van der Waals surface area (Å²) in [5, 5.41) is 3.39. The summed E-state index contributed by atoms with van der Waals surface area (Å²) < 4.78 is 5.76. The summed E-state index contributed by atoms with van der Waals surface area (Å²) >= 11 is 0. The van der Waals surface area contributed by atoms with E-state index in [9.17, 15) is 0 Å². The number of anilines is 1. The molecule has 2 aromatic heterocycles. The van der Waals surface area contributed by atoms with Crippen molar-refractivity contribution in [2.45, 2.75) is 13.3 Å². The van der Waals surface area contributed by atoms with Crippen molar-refractivity contribution in [2.75, 3.05) is 11.9 Å².